The van der Waals surface area contributed by atoms with E-state index in [0.29, 0.717) is 12.8 Å². The number of thioether (sulfide) groups is 1. The van der Waals surface area contributed by atoms with E-state index < -0.39 is 232 Å². The van der Waals surface area contributed by atoms with Crippen LogP contribution in [0.2, 0.25) is 0 Å². The van der Waals surface area contributed by atoms with Crippen LogP contribution in [0.15, 0.2) is 24.3 Å². The Bertz CT molecular complexity index is 3520. The maximum atomic E-state index is 13.9. The molecule has 113 heavy (non-hydrogen) atoms. The number of nitrogens with two attached hydrogens (primary N) is 2. The number of hydrogen-bond donors (Lipinski definition) is 21. The van der Waals surface area contributed by atoms with Crippen molar-refractivity contribution in [2.75, 3.05) is 64.8 Å². The number of nitrogens with zero attached hydrogens (tertiary/aromatic N) is 2. The molecule has 11 unspecified atom stereocenters. The molecule has 0 spiro atoms. The minimum Gasteiger partial charge on any atom is -0.481 e. The second-order valence-corrected chi connectivity index (χ2v) is 28.0. The molecule has 0 aliphatic carbocycles. The van der Waals surface area contributed by atoms with Crippen LogP contribution in [0.25, 0.3) is 0 Å². The average Bonchev–Trinajstić information content (AvgIpc) is 1.67. The number of ketones is 1. The number of imide groups is 3. The molecule has 4 heterocycles. The van der Waals surface area contributed by atoms with E-state index >= 15 is 0 Å². The Morgan fingerprint density at radius 1 is 0.531 bits per heavy atom. The van der Waals surface area contributed by atoms with E-state index in [-0.39, 0.29) is 126 Å². The van der Waals surface area contributed by atoms with Crippen molar-refractivity contribution in [3.05, 3.63) is 24.3 Å². The standard InChI is InChI=1S/C69H102N18O25S/c1-2-11-38(61(71)104)32-47(90)39(12-6-9-28-72-49(91)16-4-3-15-48-60-46(37-113-48)83-69(112)85-60)82-68(111)84-53(95)34-75-64(107)44(35-88)81-65(108)41(13-5-8-27-70)80-67(110)45(36-89)78-52(94)33-74-63(106)40(79-66(109)43(18-24-59(102)103)77-51(93)26-31-87-56(98)21-22-57(87)99)14-7-10-29-73-62(105)42(17-23-58(100)101)76-50(92)25-30-86-54(96)19-20-55(86)97/h1,19-22,38-46,48,60,63,74,88-89,106H,3-18,23-37,70H2,(H2,71,104)(H,72,91)(H,73,105)(H,75,107)(H,76,92)(H,77,93)(H,78,94)(H,79,109)(H,80,110)(H,81,108)(H,100,101)(H,102,103)(H2,83,85,112)(H2,82,84,95,111)/t38?,39?,40?,41?,42?,43?,44?,45?,46?,48-,60?,63?/m0/s1. The largest absolute Gasteiger partial charge is 0.481 e. The Hall–Kier alpha value is -11.0. The summed E-state index contributed by atoms with van der Waals surface area (Å²) in [4.78, 5) is 256. The molecule has 12 atom stereocenters. The van der Waals surface area contributed by atoms with Crippen molar-refractivity contribution in [1.82, 2.24) is 84.2 Å². The number of rotatable bonds is 56. The number of carboxylic acid groups (broad SMARTS) is 2. The molecule has 23 N–H and O–H groups in total. The molecule has 0 aromatic heterocycles. The van der Waals surface area contributed by atoms with Crippen LogP contribution in [0.5, 0.6) is 0 Å². The summed E-state index contributed by atoms with van der Waals surface area (Å²) in [6.07, 6.45) is 6.60. The monoisotopic (exact) mass is 1610 g/mol. The van der Waals surface area contributed by atoms with Crippen molar-refractivity contribution < 1.29 is 121 Å². The number of amides is 19. The third-order valence-electron chi connectivity index (χ3n) is 18.1. The molecule has 43 nitrogen and oxygen atoms in total. The topological polar surface area (TPSA) is 669 Å². The Kier molecular flexibility index (Phi) is 41.8. The third kappa shape index (κ3) is 34.7. The molecule has 44 heteroatoms. The quantitative estimate of drug-likeness (QED) is 0.00884. The van der Waals surface area contributed by atoms with Gasteiger partial charge in [-0.05, 0) is 90.0 Å². The van der Waals surface area contributed by atoms with Crippen LogP contribution in [-0.4, -0.2) is 284 Å². The van der Waals surface area contributed by atoms with E-state index in [4.69, 9.17) is 17.9 Å². The van der Waals surface area contributed by atoms with Crippen molar-refractivity contribution in [2.24, 2.45) is 17.4 Å². The maximum Gasteiger partial charge on any atom is 0.322 e. The molecule has 4 rings (SSSR count). The average molecular weight is 1620 g/mol. The van der Waals surface area contributed by atoms with E-state index in [1.54, 1.807) is 11.8 Å². The zero-order valence-electron chi connectivity index (χ0n) is 62.1. The fourth-order valence-corrected chi connectivity index (χ4v) is 13.4. The van der Waals surface area contributed by atoms with E-state index in [9.17, 15) is 121 Å². The van der Waals surface area contributed by atoms with Gasteiger partial charge in [-0.3, -0.25) is 107 Å². The van der Waals surface area contributed by atoms with Gasteiger partial charge in [0.2, 0.25) is 65.0 Å². The van der Waals surface area contributed by atoms with Crippen molar-refractivity contribution >= 4 is 130 Å². The van der Waals surface area contributed by atoms with E-state index in [1.807, 2.05) is 5.32 Å². The molecule has 0 bridgehead atoms. The fourth-order valence-electron chi connectivity index (χ4n) is 11.9. The summed E-state index contributed by atoms with van der Waals surface area (Å²) in [7, 11) is 0. The van der Waals surface area contributed by atoms with Gasteiger partial charge in [-0.2, -0.15) is 11.8 Å². The van der Waals surface area contributed by atoms with E-state index in [2.05, 4.69) is 75.0 Å². The normalized spacial score (nSPS) is 17.7. The summed E-state index contributed by atoms with van der Waals surface area (Å²) in [5.41, 5.74) is 11.1. The van der Waals surface area contributed by atoms with Gasteiger partial charge in [0, 0.05) is 106 Å². The molecule has 0 saturated carbocycles. The molecule has 0 aromatic carbocycles. The SMILES string of the molecule is C#CCC(CC(=O)C(CCCCNC(=O)CCCC[C@@H]1SCC2NC(=O)NC21)NC(=O)NC(=O)CNC(=O)C(CO)NC(=O)C(CCCCN)NC(=O)C(CO)NC(=O)CNC(O)C(CCCCNC(=O)C(CCC(=O)O)NC(=O)CCN1C(=O)C=CC1=O)NC(=O)C(CCC(=O)O)NC(=O)CCN1C(=O)C=CC1=O)C(N)=O. The number of primary amides is 1. The van der Waals surface area contributed by atoms with Gasteiger partial charge in [-0.1, -0.05) is 6.42 Å². The Morgan fingerprint density at radius 2 is 1.04 bits per heavy atom. The Balaban J connectivity index is 1.35. The molecular formula is C69H102N18O25S. The van der Waals surface area contributed by atoms with Crippen molar-refractivity contribution in [3.63, 3.8) is 0 Å². The minimum absolute atomic E-state index is 0.00825. The third-order valence-corrected chi connectivity index (χ3v) is 19.6. The molecule has 0 aromatic rings. The maximum absolute atomic E-state index is 13.9. The number of carbonyl (C=O) groups excluding carboxylic acids is 18. The van der Waals surface area contributed by atoms with Gasteiger partial charge >= 0.3 is 24.0 Å². The number of carbonyl (C=O) groups is 20. The second-order valence-electron chi connectivity index (χ2n) is 26.7. The lowest BCUT2D eigenvalue weighted by atomic mass is 9.93. The number of unbranched alkanes of at least 4 members (excludes halogenated alkanes) is 4. The van der Waals surface area contributed by atoms with Gasteiger partial charge in [-0.15, -0.1) is 12.3 Å². The number of hydrogen-bond acceptors (Lipinski definition) is 26. The molecule has 2 fully saturated rings. The lowest BCUT2D eigenvalue weighted by Gasteiger charge is -2.28. The van der Waals surface area contributed by atoms with Gasteiger partial charge in [0.05, 0.1) is 56.4 Å². The van der Waals surface area contributed by atoms with Crippen LogP contribution in [0.1, 0.15) is 135 Å². The molecule has 0 radical (unpaired) electrons. The summed E-state index contributed by atoms with van der Waals surface area (Å²) in [5.74, 6) is -14.6. The zero-order chi connectivity index (χ0) is 83.7. The lowest BCUT2D eigenvalue weighted by Crippen LogP contribution is -2.59. The van der Waals surface area contributed by atoms with Gasteiger partial charge in [-0.25, -0.2) is 9.59 Å². The number of nitrogens with one attached hydrogen (secondary N) is 14. The van der Waals surface area contributed by atoms with Crippen LogP contribution in [0.3, 0.4) is 0 Å². The number of terminal acetylenes is 1. The summed E-state index contributed by atoms with van der Waals surface area (Å²) < 4.78 is 0. The Morgan fingerprint density at radius 3 is 1.60 bits per heavy atom. The highest BCUT2D eigenvalue weighted by atomic mass is 32.2. The summed E-state index contributed by atoms with van der Waals surface area (Å²) in [5, 5.41) is 85.1. The molecule has 4 aliphatic rings. The van der Waals surface area contributed by atoms with Crippen LogP contribution >= 0.6 is 11.8 Å². The first-order chi connectivity index (χ1) is 53.8. The number of Topliss-reactive ketones (excluding diaryl/α,β-unsaturated/α-hetero) is 1. The predicted molar refractivity (Wildman–Crippen MR) is 394 cm³/mol. The summed E-state index contributed by atoms with van der Waals surface area (Å²) in [6.45, 7) is -4.72. The molecule has 624 valence electrons. The van der Waals surface area contributed by atoms with E-state index in [1.165, 1.54) is 0 Å². The van der Waals surface area contributed by atoms with Crippen LogP contribution in [0.4, 0.5) is 9.59 Å². The first-order valence-electron chi connectivity index (χ1n) is 36.8. The van der Waals surface area contributed by atoms with Crippen molar-refractivity contribution in [1.29, 1.82) is 0 Å². The van der Waals surface area contributed by atoms with Crippen molar-refractivity contribution in [2.45, 2.75) is 201 Å². The fraction of sp³-hybridized carbons (Fsp3) is 0.623. The number of carboxylic acids is 2. The molecule has 4 aliphatic heterocycles. The smallest absolute Gasteiger partial charge is 0.322 e. The highest BCUT2D eigenvalue weighted by Gasteiger charge is 2.43. The first-order valence-corrected chi connectivity index (χ1v) is 37.8. The number of aliphatic hydroxyl groups excluding tert-OH is 3. The molecule has 2 saturated heterocycles. The van der Waals surface area contributed by atoms with Crippen LogP contribution in [-0.2, 0) is 86.3 Å². The lowest BCUT2D eigenvalue weighted by molar-refractivity contribution is -0.140. The number of urea groups is 2. The van der Waals surface area contributed by atoms with E-state index in [0.717, 1.165) is 52.7 Å². The van der Waals surface area contributed by atoms with Gasteiger partial charge in [0.15, 0.2) is 5.78 Å². The predicted octanol–water partition coefficient (Wildman–Crippen LogP) is -8.03. The minimum atomic E-state index is -1.93. The van der Waals surface area contributed by atoms with Crippen LogP contribution in [0, 0.1) is 18.3 Å². The van der Waals surface area contributed by atoms with Gasteiger partial charge in [0.25, 0.3) is 23.6 Å². The zero-order valence-corrected chi connectivity index (χ0v) is 62.9. The molecule has 19 amide bonds. The first kappa shape index (κ1) is 94.4. The molecular weight excluding hydrogens is 1510 g/mol. The number of aliphatic hydroxyl groups is 3. The number of aliphatic carboxylic acids is 2. The van der Waals surface area contributed by atoms with Gasteiger partial charge in [0.1, 0.15) is 36.4 Å². The summed E-state index contributed by atoms with van der Waals surface area (Å²) in [6, 6.07) is -12.3. The number of fused-ring (bicyclic) bond motifs is 1. The summed E-state index contributed by atoms with van der Waals surface area (Å²) >= 11 is 1.77. The van der Waals surface area contributed by atoms with Crippen LogP contribution < -0.4 is 85.9 Å². The second kappa shape index (κ2) is 50.1. The Labute approximate surface area is 652 Å². The van der Waals surface area contributed by atoms with Gasteiger partial charge < -0.3 is 101 Å². The highest BCUT2D eigenvalue weighted by Crippen LogP contribution is 2.33. The van der Waals surface area contributed by atoms with Crippen molar-refractivity contribution in [3.8, 4) is 12.3 Å². The highest BCUT2D eigenvalue weighted by molar-refractivity contribution is 8.00.